The molecule has 4 aromatic rings. The van der Waals surface area contributed by atoms with Crippen molar-refractivity contribution in [1.29, 1.82) is 0 Å². The van der Waals surface area contributed by atoms with Gasteiger partial charge in [-0.25, -0.2) is 9.37 Å². The lowest BCUT2D eigenvalue weighted by molar-refractivity contribution is 0.122. The largest absolute Gasteiger partial charge is 0.475 e. The van der Waals surface area contributed by atoms with Crippen LogP contribution in [0.4, 0.5) is 14.5 Å². The second kappa shape index (κ2) is 11.2. The van der Waals surface area contributed by atoms with Crippen LogP contribution in [0, 0.1) is 11.6 Å². The molecule has 0 saturated carbocycles. The first-order valence-electron chi connectivity index (χ1n) is 11.9. The normalized spacial score (nSPS) is 14.0. The highest BCUT2D eigenvalue weighted by molar-refractivity contribution is 5.90. The highest BCUT2D eigenvalue weighted by Crippen LogP contribution is 2.32. The number of morpholine rings is 1. The van der Waals surface area contributed by atoms with Crippen LogP contribution in [-0.2, 0) is 17.7 Å². The molecule has 0 bridgehead atoms. The summed E-state index contributed by atoms with van der Waals surface area (Å²) in [5.74, 6) is -1.76. The Labute approximate surface area is 208 Å². The third-order valence-electron chi connectivity index (χ3n) is 6.00. The van der Waals surface area contributed by atoms with Crippen molar-refractivity contribution in [2.24, 2.45) is 4.99 Å². The first kappa shape index (κ1) is 23.8. The molecule has 36 heavy (non-hydrogen) atoms. The van der Waals surface area contributed by atoms with E-state index < -0.39 is 11.6 Å². The number of ether oxygens (including phenoxy) is 2. The molecule has 1 saturated heterocycles. The Morgan fingerprint density at radius 1 is 0.972 bits per heavy atom. The number of hydrogen-bond acceptors (Lipinski definition) is 6. The maximum atomic E-state index is 15.5. The highest BCUT2D eigenvalue weighted by atomic mass is 19.1. The van der Waals surface area contributed by atoms with Gasteiger partial charge in [-0.2, -0.15) is 4.39 Å². The van der Waals surface area contributed by atoms with Gasteiger partial charge in [0.15, 0.2) is 5.82 Å². The van der Waals surface area contributed by atoms with Gasteiger partial charge in [0, 0.05) is 37.6 Å². The quantitative estimate of drug-likeness (QED) is 0.327. The minimum atomic E-state index is -0.808. The summed E-state index contributed by atoms with van der Waals surface area (Å²) in [6.07, 6.45) is 3.84. The number of aliphatic imine (C=N–C) groups is 1. The lowest BCUT2D eigenvalue weighted by Crippen LogP contribution is -2.37. The van der Waals surface area contributed by atoms with E-state index in [0.29, 0.717) is 32.7 Å². The van der Waals surface area contributed by atoms with Gasteiger partial charge in [0.1, 0.15) is 11.4 Å². The van der Waals surface area contributed by atoms with Crippen LogP contribution in [0.2, 0.25) is 0 Å². The molecule has 0 radical (unpaired) electrons. The zero-order chi connectivity index (χ0) is 24.7. The van der Waals surface area contributed by atoms with E-state index in [-0.39, 0.29) is 30.4 Å². The zero-order valence-electron chi connectivity index (χ0n) is 19.7. The Kier molecular flexibility index (Phi) is 7.42. The average molecular weight is 489 g/mol. The fourth-order valence-electron chi connectivity index (χ4n) is 4.14. The maximum Gasteiger partial charge on any atom is 0.253 e. The number of nitrogens with zero attached hydrogens (tertiary/aromatic N) is 4. The predicted octanol–water partition coefficient (Wildman–Crippen LogP) is 4.99. The van der Waals surface area contributed by atoms with Crippen molar-refractivity contribution in [2.45, 2.75) is 13.0 Å². The van der Waals surface area contributed by atoms with E-state index in [1.807, 2.05) is 60.7 Å². The van der Waals surface area contributed by atoms with Crippen LogP contribution in [0.1, 0.15) is 17.0 Å². The van der Waals surface area contributed by atoms with Crippen LogP contribution >= 0.6 is 0 Å². The molecule has 0 amide bonds. The van der Waals surface area contributed by atoms with Crippen molar-refractivity contribution >= 4 is 22.7 Å². The van der Waals surface area contributed by atoms with Crippen LogP contribution in [0.15, 0.2) is 71.9 Å². The van der Waals surface area contributed by atoms with E-state index in [0.717, 1.165) is 22.0 Å². The van der Waals surface area contributed by atoms with Gasteiger partial charge in [-0.15, -0.1) is 0 Å². The van der Waals surface area contributed by atoms with Crippen molar-refractivity contribution in [1.82, 2.24) is 9.97 Å². The Morgan fingerprint density at radius 3 is 2.58 bits per heavy atom. The van der Waals surface area contributed by atoms with Gasteiger partial charge >= 0.3 is 0 Å². The average Bonchev–Trinajstić information content (AvgIpc) is 2.92. The summed E-state index contributed by atoms with van der Waals surface area (Å²) < 4.78 is 41.9. The van der Waals surface area contributed by atoms with E-state index in [1.165, 1.54) is 0 Å². The zero-order valence-corrected chi connectivity index (χ0v) is 19.7. The molecule has 0 spiro atoms. The topological polar surface area (TPSA) is 59.8 Å². The van der Waals surface area contributed by atoms with Crippen LogP contribution in [0.5, 0.6) is 5.88 Å². The lowest BCUT2D eigenvalue weighted by atomic mass is 10.1. The second-order valence-electron chi connectivity index (χ2n) is 8.44. The molecule has 5 rings (SSSR count). The first-order valence-corrected chi connectivity index (χ1v) is 11.9. The van der Waals surface area contributed by atoms with Gasteiger partial charge in [-0.05, 0) is 34.5 Å². The molecular formula is C28H26F2N4O2. The summed E-state index contributed by atoms with van der Waals surface area (Å²) in [6.45, 7) is 1.66. The van der Waals surface area contributed by atoms with Gasteiger partial charge in [0.25, 0.3) is 5.88 Å². The number of aromatic nitrogens is 2. The molecular weight excluding hydrogens is 462 g/mol. The van der Waals surface area contributed by atoms with Crippen molar-refractivity contribution in [3.63, 3.8) is 0 Å². The van der Waals surface area contributed by atoms with Crippen LogP contribution < -0.4 is 9.64 Å². The van der Waals surface area contributed by atoms with Gasteiger partial charge in [0.2, 0.25) is 5.82 Å². The molecule has 184 valence electrons. The van der Waals surface area contributed by atoms with Crippen molar-refractivity contribution < 1.29 is 18.3 Å². The molecule has 8 heteroatoms. The van der Waals surface area contributed by atoms with Crippen molar-refractivity contribution in [3.8, 4) is 5.88 Å². The molecule has 0 N–H and O–H groups in total. The molecule has 0 atom stereocenters. The summed E-state index contributed by atoms with van der Waals surface area (Å²) in [5.41, 5.74) is 1.59. The molecule has 6 nitrogen and oxygen atoms in total. The Hall–Kier alpha value is -3.91. The maximum absolute atomic E-state index is 15.5. The third kappa shape index (κ3) is 5.49. The summed E-state index contributed by atoms with van der Waals surface area (Å²) in [5, 5.41) is 2.22. The van der Waals surface area contributed by atoms with Crippen LogP contribution in [0.3, 0.4) is 0 Å². The number of benzene rings is 2. The minimum absolute atomic E-state index is 0.0303. The monoisotopic (exact) mass is 488 g/mol. The van der Waals surface area contributed by atoms with Gasteiger partial charge in [-0.1, -0.05) is 42.5 Å². The number of hydrogen-bond donors (Lipinski definition) is 0. The first-order chi connectivity index (χ1) is 17.7. The van der Waals surface area contributed by atoms with Gasteiger partial charge in [0.05, 0.1) is 26.4 Å². The smallest absolute Gasteiger partial charge is 0.253 e. The minimum Gasteiger partial charge on any atom is -0.475 e. The fourth-order valence-corrected chi connectivity index (χ4v) is 4.14. The van der Waals surface area contributed by atoms with E-state index >= 15 is 8.78 Å². The Balaban J connectivity index is 1.39. The summed E-state index contributed by atoms with van der Waals surface area (Å²) >= 11 is 0. The van der Waals surface area contributed by atoms with E-state index in [9.17, 15) is 0 Å². The number of rotatable bonds is 8. The van der Waals surface area contributed by atoms with Gasteiger partial charge in [-0.3, -0.25) is 9.98 Å². The molecule has 2 aromatic carbocycles. The predicted molar refractivity (Wildman–Crippen MR) is 136 cm³/mol. The number of pyridine rings is 2. The summed E-state index contributed by atoms with van der Waals surface area (Å²) in [4.78, 5) is 14.5. The van der Waals surface area contributed by atoms with E-state index in [2.05, 4.69) is 15.0 Å². The number of anilines is 1. The molecule has 0 unspecified atom stereocenters. The lowest BCUT2D eigenvalue weighted by Gasteiger charge is -2.30. The van der Waals surface area contributed by atoms with E-state index in [4.69, 9.17) is 9.47 Å². The highest BCUT2D eigenvalue weighted by Gasteiger charge is 2.27. The van der Waals surface area contributed by atoms with Crippen LogP contribution in [0.25, 0.3) is 10.8 Å². The van der Waals surface area contributed by atoms with E-state index in [1.54, 1.807) is 17.3 Å². The van der Waals surface area contributed by atoms with Gasteiger partial charge < -0.3 is 14.4 Å². The fraction of sp³-hybridized carbons (Fsp3) is 0.250. The number of fused-ring (bicyclic) bond motifs is 1. The Bertz CT molecular complexity index is 1360. The molecule has 1 fully saturated rings. The molecule has 1 aliphatic rings. The Morgan fingerprint density at radius 2 is 1.78 bits per heavy atom. The number of halogens is 2. The molecule has 1 aliphatic heterocycles. The molecule has 0 aliphatic carbocycles. The molecule has 3 heterocycles. The second-order valence-corrected chi connectivity index (χ2v) is 8.44. The van der Waals surface area contributed by atoms with Crippen LogP contribution in [-0.4, -0.2) is 49.1 Å². The molecule has 2 aromatic heterocycles. The summed E-state index contributed by atoms with van der Waals surface area (Å²) in [7, 11) is 0. The summed E-state index contributed by atoms with van der Waals surface area (Å²) in [6, 6.07) is 19.6. The standard InChI is InChI=1S/C28H26F2N4O2/c29-25-24(19-31-18-20-8-9-21-5-1-2-6-22(21)17-20)33-28(36-14-10-23-7-3-4-11-32-23)26(30)27(25)34-12-15-35-16-13-34/h1-9,11,17-18H,10,12-16,19H2. The SMILES string of the molecule is Fc1c(CN=Cc2ccc3ccccc3c2)nc(OCCc2ccccn2)c(F)c1N1CCOCC1. The third-order valence-corrected chi connectivity index (χ3v) is 6.00. The van der Waals surface area contributed by atoms with Crippen molar-refractivity contribution in [3.05, 3.63) is 95.4 Å². The van der Waals surface area contributed by atoms with Crippen molar-refractivity contribution in [2.75, 3.05) is 37.8 Å².